The van der Waals surface area contributed by atoms with Gasteiger partial charge in [-0.05, 0) is 91.1 Å². The van der Waals surface area contributed by atoms with E-state index in [1.165, 1.54) is 0 Å². The van der Waals surface area contributed by atoms with E-state index in [2.05, 4.69) is 44.0 Å². The monoisotopic (exact) mass is 670 g/mol. The number of hydrogen-bond acceptors (Lipinski definition) is 6. The number of allylic oxidation sites excluding steroid dienone is 8. The first-order chi connectivity index (χ1) is 23.1. The molecule has 0 aliphatic carbocycles. The van der Waals surface area contributed by atoms with E-state index in [1.807, 2.05) is 42.5 Å². The van der Waals surface area contributed by atoms with Gasteiger partial charge < -0.3 is 31.9 Å². The van der Waals surface area contributed by atoms with Gasteiger partial charge in [-0.15, -0.1) is 0 Å². The molecule has 10 heteroatoms. The first-order valence-electron chi connectivity index (χ1n) is 16.7. The Morgan fingerprint density at radius 1 is 0.816 bits per heavy atom. The van der Waals surface area contributed by atoms with Crippen molar-refractivity contribution in [1.82, 2.24) is 0 Å². The topological polar surface area (TPSA) is 176 Å². The van der Waals surface area contributed by atoms with Crippen LogP contribution in [-0.4, -0.2) is 47.1 Å². The molecule has 1 aliphatic rings. The van der Waals surface area contributed by atoms with Gasteiger partial charge in [0.25, 0.3) is 0 Å². The fraction of sp³-hybridized carbons (Fsp3) is 0.385. The number of primary amides is 2. The van der Waals surface area contributed by atoms with Crippen LogP contribution in [0.1, 0.15) is 104 Å². The number of hydrogen-bond donors (Lipinski definition) is 5. The first-order valence-corrected chi connectivity index (χ1v) is 16.7. The lowest BCUT2D eigenvalue weighted by molar-refractivity contribution is -0.119. The van der Waals surface area contributed by atoms with Crippen molar-refractivity contribution in [3.63, 3.8) is 0 Å². The van der Waals surface area contributed by atoms with E-state index < -0.39 is 17.4 Å². The quantitative estimate of drug-likeness (QED) is 0.0798. The second-order valence-electron chi connectivity index (χ2n) is 13.5. The Hall–Kier alpha value is -5.12. The highest BCUT2D eigenvalue weighted by atomic mass is 16.4. The molecule has 0 radical (unpaired) electrons. The Bertz CT molecular complexity index is 1650. The lowest BCUT2D eigenvalue weighted by Gasteiger charge is -2.27. The van der Waals surface area contributed by atoms with Gasteiger partial charge in [-0.2, -0.15) is 0 Å². The number of unbranched alkanes of at least 4 members (excludes halogenated alkanes) is 2. The Kier molecular flexibility index (Phi) is 13.6. The van der Waals surface area contributed by atoms with E-state index in [9.17, 15) is 29.4 Å². The van der Waals surface area contributed by atoms with Crippen LogP contribution in [0.3, 0.4) is 0 Å². The second-order valence-corrected chi connectivity index (χ2v) is 13.5. The highest BCUT2D eigenvalue weighted by molar-refractivity contribution is 5.90. The van der Waals surface area contributed by atoms with Gasteiger partial charge >= 0.3 is 11.9 Å². The van der Waals surface area contributed by atoms with Crippen molar-refractivity contribution in [2.45, 2.75) is 83.5 Å². The Morgan fingerprint density at radius 3 is 2.06 bits per heavy atom. The van der Waals surface area contributed by atoms with Crippen LogP contribution in [0.2, 0.25) is 0 Å². The van der Waals surface area contributed by atoms with Gasteiger partial charge in [0.15, 0.2) is 0 Å². The van der Waals surface area contributed by atoms with Crippen molar-refractivity contribution in [1.29, 1.82) is 0 Å². The van der Waals surface area contributed by atoms with E-state index >= 15 is 0 Å². The molecule has 0 aromatic heterocycles. The molecule has 0 bridgehead atoms. The van der Waals surface area contributed by atoms with Gasteiger partial charge in [-0.1, -0.05) is 64.2 Å². The Morgan fingerprint density at radius 2 is 1.41 bits per heavy atom. The molecule has 0 atom stereocenters. The number of fused-ring (bicyclic) bond motifs is 1. The number of anilines is 2. The van der Waals surface area contributed by atoms with Crippen molar-refractivity contribution in [3.8, 4) is 0 Å². The van der Waals surface area contributed by atoms with Crippen LogP contribution in [0, 0.1) is 0 Å². The molecule has 1 heterocycles. The van der Waals surface area contributed by atoms with Crippen molar-refractivity contribution in [2.24, 2.45) is 11.5 Å². The molecule has 2 aromatic carbocycles. The lowest BCUT2D eigenvalue weighted by Crippen LogP contribution is -2.27. The number of nitrogens with two attached hydrogens (primary N) is 2. The average molecular weight is 671 g/mol. The zero-order valence-electron chi connectivity index (χ0n) is 29.0. The number of carbonyl (C=O) groups excluding carboxylic acids is 2. The SMILES string of the molecule is CC(C)(C/C=C/C=C/C=C/C=C1/N(CCCCC(N)=O)c2ccc(C(=O)O)cc2C1(C)C)c1cc(C(=O)O)ccc1NCCCCC(N)=O. The van der Waals surface area contributed by atoms with E-state index in [4.69, 9.17) is 11.5 Å². The molecular formula is C39H50N4O6. The van der Waals surface area contributed by atoms with Crippen LogP contribution in [0.5, 0.6) is 0 Å². The molecule has 0 saturated carbocycles. The van der Waals surface area contributed by atoms with Gasteiger partial charge in [0, 0.05) is 48.4 Å². The third kappa shape index (κ3) is 10.7. The van der Waals surface area contributed by atoms with Crippen LogP contribution in [-0.2, 0) is 20.4 Å². The number of amides is 2. The first kappa shape index (κ1) is 38.3. The number of carboxylic acids is 2. The van der Waals surface area contributed by atoms with Crippen LogP contribution < -0.4 is 21.7 Å². The zero-order valence-corrected chi connectivity index (χ0v) is 29.0. The molecule has 10 nitrogen and oxygen atoms in total. The summed E-state index contributed by atoms with van der Waals surface area (Å²) in [7, 11) is 0. The highest BCUT2D eigenvalue weighted by Gasteiger charge is 2.40. The van der Waals surface area contributed by atoms with Crippen LogP contribution >= 0.6 is 0 Å². The van der Waals surface area contributed by atoms with Gasteiger partial charge in [0.05, 0.1) is 11.1 Å². The molecule has 0 spiro atoms. The highest BCUT2D eigenvalue weighted by Crippen LogP contribution is 2.48. The number of aromatic carboxylic acids is 2. The summed E-state index contributed by atoms with van der Waals surface area (Å²) >= 11 is 0. The number of rotatable bonds is 19. The largest absolute Gasteiger partial charge is 0.478 e. The minimum atomic E-state index is -0.980. The molecule has 7 N–H and O–H groups in total. The number of nitrogens with zero attached hydrogens (tertiary/aromatic N) is 1. The third-order valence-corrected chi connectivity index (χ3v) is 8.82. The van der Waals surface area contributed by atoms with E-state index in [-0.39, 0.29) is 28.4 Å². The fourth-order valence-electron chi connectivity index (χ4n) is 6.05. The minimum Gasteiger partial charge on any atom is -0.478 e. The summed E-state index contributed by atoms with van der Waals surface area (Å²) in [5.74, 6) is -2.59. The normalized spacial score (nSPS) is 15.0. The number of carbonyl (C=O) groups is 4. The van der Waals surface area contributed by atoms with Crippen LogP contribution in [0.25, 0.3) is 0 Å². The van der Waals surface area contributed by atoms with Gasteiger partial charge in [-0.25, -0.2) is 9.59 Å². The van der Waals surface area contributed by atoms with E-state index in [1.54, 1.807) is 30.3 Å². The predicted octanol–water partition coefficient (Wildman–Crippen LogP) is 6.82. The molecule has 0 fully saturated rings. The van der Waals surface area contributed by atoms with E-state index in [0.29, 0.717) is 45.2 Å². The summed E-state index contributed by atoms with van der Waals surface area (Å²) in [5, 5.41) is 22.6. The molecule has 262 valence electrons. The molecule has 2 amide bonds. The molecule has 0 saturated heterocycles. The minimum absolute atomic E-state index is 0.227. The van der Waals surface area contributed by atoms with E-state index in [0.717, 1.165) is 41.0 Å². The summed E-state index contributed by atoms with van der Waals surface area (Å²) in [6, 6.07) is 10.3. The maximum absolute atomic E-state index is 11.7. The van der Waals surface area contributed by atoms with Crippen LogP contribution in [0.4, 0.5) is 11.4 Å². The number of benzene rings is 2. The van der Waals surface area contributed by atoms with Crippen molar-refractivity contribution in [2.75, 3.05) is 23.3 Å². The predicted molar refractivity (Wildman–Crippen MR) is 195 cm³/mol. The second kappa shape index (κ2) is 17.3. The summed E-state index contributed by atoms with van der Waals surface area (Å²) in [6.07, 6.45) is 18.0. The summed E-state index contributed by atoms with van der Waals surface area (Å²) < 4.78 is 0. The van der Waals surface area contributed by atoms with Gasteiger partial charge in [0.1, 0.15) is 0 Å². The molecule has 49 heavy (non-hydrogen) atoms. The smallest absolute Gasteiger partial charge is 0.335 e. The summed E-state index contributed by atoms with van der Waals surface area (Å²) in [4.78, 5) is 47.9. The van der Waals surface area contributed by atoms with Crippen molar-refractivity contribution < 1.29 is 29.4 Å². The molecule has 0 unspecified atom stereocenters. The Balaban J connectivity index is 1.71. The van der Waals surface area contributed by atoms with Crippen LogP contribution in [0.15, 0.2) is 84.6 Å². The number of carboxylic acid groups (broad SMARTS) is 2. The Labute approximate surface area is 289 Å². The summed E-state index contributed by atoms with van der Waals surface area (Å²) in [6.45, 7) is 9.63. The van der Waals surface area contributed by atoms with Gasteiger partial charge in [0.2, 0.25) is 11.8 Å². The molecule has 3 rings (SSSR count). The molecule has 2 aromatic rings. The zero-order chi connectivity index (χ0) is 36.2. The lowest BCUT2D eigenvalue weighted by atomic mass is 9.79. The standard InChI is InChI=1S/C39H50N4O6/c1-38(2,29-25-27(36(46)47)18-20-31(29)42-23-13-10-16-34(40)44)22-12-8-6-5-7-9-15-33-39(3,4)30-26-28(37(48)49)19-21-32(30)43(33)24-14-11-17-35(41)45/h5-9,12,15,18-21,25-26,42H,10-11,13-14,16-17,22-24H2,1-4H3,(H2,40,44)(H2,41,45)(H,46,47)(H,48,49)/b6-5+,9-7+,12-8+,33-15+. The maximum atomic E-state index is 11.7. The molecule has 1 aliphatic heterocycles. The third-order valence-electron chi connectivity index (χ3n) is 8.82. The van der Waals surface area contributed by atoms with Crippen molar-refractivity contribution in [3.05, 3.63) is 107 Å². The number of nitrogens with one attached hydrogen (secondary N) is 1. The molecular weight excluding hydrogens is 620 g/mol. The summed E-state index contributed by atoms with van der Waals surface area (Å²) in [5.41, 5.74) is 15.0. The maximum Gasteiger partial charge on any atom is 0.335 e. The average Bonchev–Trinajstić information content (AvgIpc) is 3.24. The fourth-order valence-corrected chi connectivity index (χ4v) is 6.05. The van der Waals surface area contributed by atoms with Crippen molar-refractivity contribution >= 4 is 35.1 Å². The van der Waals surface area contributed by atoms with Gasteiger partial charge in [-0.3, -0.25) is 9.59 Å².